The molecule has 0 saturated carbocycles. The maximum atomic E-state index is 11.6. The highest BCUT2D eigenvalue weighted by molar-refractivity contribution is 5.88. The number of benzene rings is 1. The maximum absolute atomic E-state index is 11.6. The number of esters is 1. The van der Waals surface area contributed by atoms with Gasteiger partial charge in [0, 0.05) is 5.57 Å². The van der Waals surface area contributed by atoms with Gasteiger partial charge in [-0.1, -0.05) is 30.3 Å². The topological polar surface area (TPSA) is 38.8 Å². The van der Waals surface area contributed by atoms with Crippen LogP contribution in [-0.4, -0.2) is 24.3 Å². The third-order valence-electron chi connectivity index (χ3n) is 3.62. The first-order chi connectivity index (χ1) is 9.55. The zero-order chi connectivity index (χ0) is 14.6. The van der Waals surface area contributed by atoms with Gasteiger partial charge >= 0.3 is 5.97 Å². The van der Waals surface area contributed by atoms with Crippen molar-refractivity contribution in [2.75, 3.05) is 6.61 Å². The standard InChI is InChI=1S/C17H22O3/c1-4-19-16(18)13(2)12-17(3)15(20-17)11-10-14-8-6-5-7-9-14/h5-9,12,15H,4,10-11H2,1-3H3/b13-12+/t15-,17-/m1/s1. The molecule has 0 N–H and O–H groups in total. The summed E-state index contributed by atoms with van der Waals surface area (Å²) >= 11 is 0. The van der Waals surface area contributed by atoms with Gasteiger partial charge in [-0.2, -0.15) is 0 Å². The summed E-state index contributed by atoms with van der Waals surface area (Å²) in [7, 11) is 0. The monoisotopic (exact) mass is 274 g/mol. The van der Waals surface area contributed by atoms with E-state index < -0.39 is 0 Å². The lowest BCUT2D eigenvalue weighted by molar-refractivity contribution is -0.138. The fourth-order valence-electron chi connectivity index (χ4n) is 2.42. The van der Waals surface area contributed by atoms with Gasteiger partial charge in [0.25, 0.3) is 0 Å². The zero-order valence-electron chi connectivity index (χ0n) is 12.4. The first kappa shape index (κ1) is 14.8. The number of rotatable bonds is 6. The smallest absolute Gasteiger partial charge is 0.333 e. The van der Waals surface area contributed by atoms with Crippen LogP contribution in [0.2, 0.25) is 0 Å². The van der Waals surface area contributed by atoms with Gasteiger partial charge < -0.3 is 9.47 Å². The van der Waals surface area contributed by atoms with Gasteiger partial charge in [0.05, 0.1) is 12.7 Å². The van der Waals surface area contributed by atoms with E-state index in [2.05, 4.69) is 12.1 Å². The molecule has 2 rings (SSSR count). The third kappa shape index (κ3) is 3.70. The van der Waals surface area contributed by atoms with Crippen LogP contribution in [0.1, 0.15) is 32.8 Å². The molecule has 0 spiro atoms. The van der Waals surface area contributed by atoms with Crippen molar-refractivity contribution in [3.63, 3.8) is 0 Å². The predicted molar refractivity (Wildman–Crippen MR) is 78.4 cm³/mol. The van der Waals surface area contributed by atoms with Crippen molar-refractivity contribution in [2.45, 2.75) is 45.3 Å². The van der Waals surface area contributed by atoms with Crippen molar-refractivity contribution < 1.29 is 14.3 Å². The number of epoxide rings is 1. The molecule has 2 atom stereocenters. The molecule has 3 nitrogen and oxygen atoms in total. The molecule has 0 aliphatic carbocycles. The Kier molecular flexibility index (Phi) is 4.61. The van der Waals surface area contributed by atoms with E-state index in [0.717, 1.165) is 12.8 Å². The largest absolute Gasteiger partial charge is 0.463 e. The summed E-state index contributed by atoms with van der Waals surface area (Å²) in [5.41, 5.74) is 1.62. The van der Waals surface area contributed by atoms with Crippen LogP contribution in [-0.2, 0) is 20.7 Å². The second-order valence-electron chi connectivity index (χ2n) is 5.36. The van der Waals surface area contributed by atoms with E-state index >= 15 is 0 Å². The SMILES string of the molecule is CCOC(=O)/C(C)=C/[C@@]1(C)O[C@@H]1CCc1ccccc1. The zero-order valence-corrected chi connectivity index (χ0v) is 12.4. The molecule has 3 heteroatoms. The highest BCUT2D eigenvalue weighted by Crippen LogP contribution is 2.41. The predicted octanol–water partition coefficient (Wildman–Crippen LogP) is 3.29. The minimum atomic E-state index is -0.314. The molecular formula is C17H22O3. The number of carbonyl (C=O) groups is 1. The van der Waals surface area contributed by atoms with Crippen molar-refractivity contribution in [1.29, 1.82) is 0 Å². The number of ether oxygens (including phenoxy) is 2. The molecule has 0 amide bonds. The highest BCUT2D eigenvalue weighted by atomic mass is 16.6. The number of carbonyl (C=O) groups excluding carboxylic acids is 1. The van der Waals surface area contributed by atoms with E-state index in [4.69, 9.17) is 9.47 Å². The van der Waals surface area contributed by atoms with Gasteiger partial charge in [-0.05, 0) is 45.3 Å². The minimum Gasteiger partial charge on any atom is -0.463 e. The van der Waals surface area contributed by atoms with E-state index in [9.17, 15) is 4.79 Å². The van der Waals surface area contributed by atoms with Crippen LogP contribution >= 0.6 is 0 Å². The highest BCUT2D eigenvalue weighted by Gasteiger charge is 2.50. The molecule has 1 aromatic carbocycles. The minimum absolute atomic E-state index is 0.187. The van der Waals surface area contributed by atoms with Crippen LogP contribution in [0, 0.1) is 0 Å². The van der Waals surface area contributed by atoms with Crippen LogP contribution in [0.25, 0.3) is 0 Å². The van der Waals surface area contributed by atoms with Gasteiger partial charge in [-0.25, -0.2) is 4.79 Å². The summed E-state index contributed by atoms with van der Waals surface area (Å²) in [4.78, 5) is 11.6. The van der Waals surface area contributed by atoms with Gasteiger partial charge in [0.15, 0.2) is 0 Å². The fraction of sp³-hybridized carbons (Fsp3) is 0.471. The summed E-state index contributed by atoms with van der Waals surface area (Å²) in [6.07, 6.45) is 4.04. The van der Waals surface area contributed by atoms with Crippen molar-refractivity contribution in [2.24, 2.45) is 0 Å². The molecule has 20 heavy (non-hydrogen) atoms. The summed E-state index contributed by atoms with van der Waals surface area (Å²) < 4.78 is 10.7. The molecule has 0 aromatic heterocycles. The first-order valence-electron chi connectivity index (χ1n) is 7.13. The van der Waals surface area contributed by atoms with E-state index in [0.29, 0.717) is 12.2 Å². The van der Waals surface area contributed by atoms with Crippen molar-refractivity contribution in [3.05, 3.63) is 47.5 Å². The Morgan fingerprint density at radius 2 is 2.10 bits per heavy atom. The fourth-order valence-corrected chi connectivity index (χ4v) is 2.42. The Balaban J connectivity index is 1.86. The molecule has 1 saturated heterocycles. The Hall–Kier alpha value is -1.61. The van der Waals surface area contributed by atoms with Gasteiger partial charge in [0.1, 0.15) is 5.60 Å². The third-order valence-corrected chi connectivity index (χ3v) is 3.62. The van der Waals surface area contributed by atoms with Crippen LogP contribution in [0.3, 0.4) is 0 Å². The summed E-state index contributed by atoms with van der Waals surface area (Å²) in [6.45, 7) is 6.01. The first-order valence-corrected chi connectivity index (χ1v) is 7.13. The average Bonchev–Trinajstić information content (AvgIpc) is 3.08. The molecule has 0 unspecified atom stereocenters. The normalized spacial score (nSPS) is 25.4. The van der Waals surface area contributed by atoms with Crippen LogP contribution in [0.4, 0.5) is 0 Å². The van der Waals surface area contributed by atoms with E-state index in [-0.39, 0.29) is 17.7 Å². The van der Waals surface area contributed by atoms with Crippen molar-refractivity contribution in [3.8, 4) is 0 Å². The molecule has 1 fully saturated rings. The van der Waals surface area contributed by atoms with E-state index in [1.54, 1.807) is 6.92 Å². The second-order valence-corrected chi connectivity index (χ2v) is 5.36. The molecular weight excluding hydrogens is 252 g/mol. The Morgan fingerprint density at radius 3 is 2.75 bits per heavy atom. The molecule has 1 aromatic rings. The maximum Gasteiger partial charge on any atom is 0.333 e. The summed E-state index contributed by atoms with van der Waals surface area (Å²) in [5.74, 6) is -0.258. The van der Waals surface area contributed by atoms with Crippen molar-refractivity contribution >= 4 is 5.97 Å². The molecule has 108 valence electrons. The lowest BCUT2D eigenvalue weighted by atomic mass is 9.99. The van der Waals surface area contributed by atoms with Crippen molar-refractivity contribution in [1.82, 2.24) is 0 Å². The Labute approximate surface area is 120 Å². The number of hydrogen-bond acceptors (Lipinski definition) is 3. The Bertz CT molecular complexity index is 492. The van der Waals surface area contributed by atoms with E-state index in [1.165, 1.54) is 5.56 Å². The molecule has 1 aliphatic rings. The molecule has 0 radical (unpaired) electrons. The van der Waals surface area contributed by atoms with Gasteiger partial charge in [0.2, 0.25) is 0 Å². The number of aryl methyl sites for hydroxylation is 1. The molecule has 1 aliphatic heterocycles. The summed E-state index contributed by atoms with van der Waals surface area (Å²) in [6, 6.07) is 10.4. The lowest BCUT2D eigenvalue weighted by Gasteiger charge is -2.04. The van der Waals surface area contributed by atoms with Gasteiger partial charge in [-0.15, -0.1) is 0 Å². The number of hydrogen-bond donors (Lipinski definition) is 0. The van der Waals surface area contributed by atoms with E-state index in [1.807, 2.05) is 38.1 Å². The molecule has 1 heterocycles. The van der Waals surface area contributed by atoms with Crippen LogP contribution < -0.4 is 0 Å². The Morgan fingerprint density at radius 1 is 1.40 bits per heavy atom. The van der Waals surface area contributed by atoms with Crippen LogP contribution in [0.5, 0.6) is 0 Å². The van der Waals surface area contributed by atoms with Crippen LogP contribution in [0.15, 0.2) is 42.0 Å². The quantitative estimate of drug-likeness (QED) is 0.454. The average molecular weight is 274 g/mol. The summed E-state index contributed by atoms with van der Waals surface area (Å²) in [5, 5.41) is 0. The molecule has 0 bridgehead atoms. The second kappa shape index (κ2) is 6.23. The van der Waals surface area contributed by atoms with Gasteiger partial charge in [-0.3, -0.25) is 0 Å². The lowest BCUT2D eigenvalue weighted by Crippen LogP contribution is -2.12.